The Hall–Kier alpha value is -0.610. The van der Waals surface area contributed by atoms with Gasteiger partial charge in [0.05, 0.1) is 12.6 Å². The fourth-order valence-electron chi connectivity index (χ4n) is 0.668. The number of likely N-dealkylation sites (N-methyl/N-ethyl adjacent to an activating group) is 1. The third-order valence-corrected chi connectivity index (χ3v) is 1.68. The first-order valence-electron chi connectivity index (χ1n) is 3.70. The lowest BCUT2D eigenvalue weighted by Gasteiger charge is -2.22. The largest absolute Gasteiger partial charge is 0.394 e. The van der Waals surface area contributed by atoms with Crippen LogP contribution in [0.4, 0.5) is 0 Å². The Labute approximate surface area is 67.0 Å². The predicted octanol–water partition coefficient (Wildman–Crippen LogP) is -0.826. The molecular weight excluding hydrogens is 144 g/mol. The molecule has 0 saturated heterocycles. The third kappa shape index (κ3) is 3.34. The van der Waals surface area contributed by atoms with Gasteiger partial charge >= 0.3 is 0 Å². The molecule has 0 radical (unpaired) electrons. The first-order chi connectivity index (χ1) is 5.13. The average molecular weight is 160 g/mol. The van der Waals surface area contributed by atoms with Crippen molar-refractivity contribution in [2.45, 2.75) is 19.4 Å². The molecule has 0 aliphatic heterocycles. The summed E-state index contributed by atoms with van der Waals surface area (Å²) in [5, 5.41) is 8.70. The number of carbonyl (C=O) groups is 1. The Bertz CT molecular complexity index is 128. The number of hydrogen-bond acceptors (Lipinski definition) is 3. The first kappa shape index (κ1) is 10.4. The van der Waals surface area contributed by atoms with Crippen LogP contribution in [0, 0.1) is 0 Å². The Morgan fingerprint density at radius 3 is 2.64 bits per heavy atom. The summed E-state index contributed by atoms with van der Waals surface area (Å²) in [5.74, 6) is -0.0194. The van der Waals surface area contributed by atoms with E-state index in [1.54, 1.807) is 14.0 Å². The second-order valence-corrected chi connectivity index (χ2v) is 2.57. The van der Waals surface area contributed by atoms with Gasteiger partial charge in [0.15, 0.2) is 0 Å². The molecule has 66 valence electrons. The van der Waals surface area contributed by atoms with Crippen molar-refractivity contribution in [1.29, 1.82) is 0 Å². The summed E-state index contributed by atoms with van der Waals surface area (Å²) in [6, 6.07) is -0.117. The van der Waals surface area contributed by atoms with Crippen LogP contribution >= 0.6 is 0 Å². The van der Waals surface area contributed by atoms with Crippen LogP contribution in [0.1, 0.15) is 13.3 Å². The average Bonchev–Trinajstić information content (AvgIpc) is 2.02. The maximum absolute atomic E-state index is 11.1. The van der Waals surface area contributed by atoms with Crippen molar-refractivity contribution in [3.05, 3.63) is 0 Å². The van der Waals surface area contributed by atoms with Crippen molar-refractivity contribution in [3.63, 3.8) is 0 Å². The maximum atomic E-state index is 11.1. The SMILES string of the molecule is CC(CO)N(C)C(=O)CCN. The van der Waals surface area contributed by atoms with Gasteiger partial charge in [-0.15, -0.1) is 0 Å². The van der Waals surface area contributed by atoms with Crippen LogP contribution in [-0.2, 0) is 4.79 Å². The van der Waals surface area contributed by atoms with Crippen molar-refractivity contribution in [2.24, 2.45) is 5.73 Å². The lowest BCUT2D eigenvalue weighted by molar-refractivity contribution is -0.132. The summed E-state index contributed by atoms with van der Waals surface area (Å²) in [6.45, 7) is 2.14. The number of amides is 1. The van der Waals surface area contributed by atoms with E-state index in [1.807, 2.05) is 0 Å². The molecule has 0 fully saturated rings. The normalized spacial score (nSPS) is 12.7. The summed E-state index contributed by atoms with van der Waals surface area (Å²) >= 11 is 0. The molecule has 1 amide bonds. The van der Waals surface area contributed by atoms with Crippen LogP contribution in [0.5, 0.6) is 0 Å². The molecule has 0 saturated carbocycles. The number of nitrogens with two attached hydrogens (primary N) is 1. The highest BCUT2D eigenvalue weighted by atomic mass is 16.3. The van der Waals surface area contributed by atoms with Crippen LogP contribution < -0.4 is 5.73 Å². The molecule has 1 atom stereocenters. The maximum Gasteiger partial charge on any atom is 0.223 e. The molecular formula is C7H16N2O2. The van der Waals surface area contributed by atoms with E-state index in [4.69, 9.17) is 10.8 Å². The van der Waals surface area contributed by atoms with Gasteiger partial charge in [0.1, 0.15) is 0 Å². The second-order valence-electron chi connectivity index (χ2n) is 2.57. The Balaban J connectivity index is 3.80. The van der Waals surface area contributed by atoms with Gasteiger partial charge in [-0.05, 0) is 6.92 Å². The Kier molecular flexibility index (Phi) is 4.81. The van der Waals surface area contributed by atoms with Gasteiger partial charge in [0.2, 0.25) is 5.91 Å². The molecule has 0 heterocycles. The molecule has 0 bridgehead atoms. The topological polar surface area (TPSA) is 66.6 Å². The number of nitrogens with zero attached hydrogens (tertiary/aromatic N) is 1. The highest BCUT2D eigenvalue weighted by Crippen LogP contribution is 1.96. The highest BCUT2D eigenvalue weighted by molar-refractivity contribution is 5.76. The van der Waals surface area contributed by atoms with Gasteiger partial charge in [0.25, 0.3) is 0 Å². The van der Waals surface area contributed by atoms with Gasteiger partial charge in [-0.25, -0.2) is 0 Å². The second kappa shape index (κ2) is 5.09. The van der Waals surface area contributed by atoms with E-state index < -0.39 is 0 Å². The molecule has 0 aromatic heterocycles. The van der Waals surface area contributed by atoms with Crippen LogP contribution in [0.3, 0.4) is 0 Å². The quantitative estimate of drug-likeness (QED) is 0.564. The monoisotopic (exact) mass is 160 g/mol. The van der Waals surface area contributed by atoms with E-state index >= 15 is 0 Å². The van der Waals surface area contributed by atoms with Gasteiger partial charge in [-0.3, -0.25) is 4.79 Å². The van der Waals surface area contributed by atoms with E-state index in [9.17, 15) is 4.79 Å². The van der Waals surface area contributed by atoms with Crippen molar-refractivity contribution in [2.75, 3.05) is 20.2 Å². The molecule has 4 nitrogen and oxygen atoms in total. The summed E-state index contributed by atoms with van der Waals surface area (Å²) in [4.78, 5) is 12.6. The summed E-state index contributed by atoms with van der Waals surface area (Å²) in [5.41, 5.74) is 5.20. The van der Waals surface area contributed by atoms with E-state index in [2.05, 4.69) is 0 Å². The number of hydrogen-bond donors (Lipinski definition) is 2. The van der Waals surface area contributed by atoms with E-state index in [0.717, 1.165) is 0 Å². The van der Waals surface area contributed by atoms with E-state index in [1.165, 1.54) is 4.90 Å². The zero-order valence-corrected chi connectivity index (χ0v) is 7.08. The van der Waals surface area contributed by atoms with Crippen molar-refractivity contribution >= 4 is 5.91 Å². The minimum absolute atomic E-state index is 0.00713. The zero-order chi connectivity index (χ0) is 8.85. The van der Waals surface area contributed by atoms with Gasteiger partial charge in [-0.1, -0.05) is 0 Å². The van der Waals surface area contributed by atoms with Gasteiger partial charge in [-0.2, -0.15) is 0 Å². The number of carbonyl (C=O) groups excluding carboxylic acids is 1. The van der Waals surface area contributed by atoms with Crippen LogP contribution in [0.15, 0.2) is 0 Å². The number of aliphatic hydroxyl groups is 1. The predicted molar refractivity (Wildman–Crippen MR) is 43.0 cm³/mol. The van der Waals surface area contributed by atoms with Crippen molar-refractivity contribution < 1.29 is 9.90 Å². The van der Waals surface area contributed by atoms with Crippen molar-refractivity contribution in [1.82, 2.24) is 4.90 Å². The summed E-state index contributed by atoms with van der Waals surface area (Å²) in [7, 11) is 1.67. The minimum Gasteiger partial charge on any atom is -0.394 e. The van der Waals surface area contributed by atoms with Gasteiger partial charge in [0, 0.05) is 20.0 Å². The minimum atomic E-state index is -0.117. The molecule has 0 aliphatic carbocycles. The standard InChI is InChI=1S/C7H16N2O2/c1-6(5-10)9(2)7(11)3-4-8/h6,10H,3-5,8H2,1-2H3. The molecule has 0 aromatic rings. The van der Waals surface area contributed by atoms with Crippen LogP contribution in [0.25, 0.3) is 0 Å². The lowest BCUT2D eigenvalue weighted by atomic mass is 10.3. The smallest absolute Gasteiger partial charge is 0.223 e. The summed E-state index contributed by atoms with van der Waals surface area (Å²) < 4.78 is 0. The van der Waals surface area contributed by atoms with Crippen LogP contribution in [-0.4, -0.2) is 42.2 Å². The summed E-state index contributed by atoms with van der Waals surface area (Å²) in [6.07, 6.45) is 0.348. The van der Waals surface area contributed by atoms with Crippen molar-refractivity contribution in [3.8, 4) is 0 Å². The molecule has 11 heavy (non-hydrogen) atoms. The Morgan fingerprint density at radius 2 is 2.27 bits per heavy atom. The fourth-order valence-corrected chi connectivity index (χ4v) is 0.668. The van der Waals surface area contributed by atoms with E-state index in [-0.39, 0.29) is 18.6 Å². The van der Waals surface area contributed by atoms with Gasteiger partial charge < -0.3 is 15.7 Å². The Morgan fingerprint density at radius 1 is 1.73 bits per heavy atom. The molecule has 1 unspecified atom stereocenters. The number of aliphatic hydroxyl groups excluding tert-OH is 1. The molecule has 0 spiro atoms. The number of rotatable bonds is 4. The first-order valence-corrected chi connectivity index (χ1v) is 3.70. The molecule has 0 aromatic carbocycles. The fraction of sp³-hybridized carbons (Fsp3) is 0.857. The lowest BCUT2D eigenvalue weighted by Crippen LogP contribution is -2.38. The third-order valence-electron chi connectivity index (χ3n) is 1.68. The molecule has 3 N–H and O–H groups in total. The molecule has 4 heteroatoms. The van der Waals surface area contributed by atoms with Crippen LogP contribution in [0.2, 0.25) is 0 Å². The van der Waals surface area contributed by atoms with E-state index in [0.29, 0.717) is 13.0 Å². The molecule has 0 aliphatic rings. The molecule has 0 rings (SSSR count). The highest BCUT2D eigenvalue weighted by Gasteiger charge is 2.12. The zero-order valence-electron chi connectivity index (χ0n) is 7.08.